The van der Waals surface area contributed by atoms with Gasteiger partial charge in [-0.25, -0.2) is 9.59 Å². The Morgan fingerprint density at radius 2 is 1.30 bits per heavy atom. The van der Waals surface area contributed by atoms with Gasteiger partial charge in [0.05, 0.1) is 0 Å². The van der Waals surface area contributed by atoms with Crippen molar-refractivity contribution < 1.29 is 46.1 Å². The van der Waals surface area contributed by atoms with Crippen LogP contribution >= 0.6 is 11.6 Å². The van der Waals surface area contributed by atoms with Crippen molar-refractivity contribution in [1.82, 2.24) is 29.2 Å². The Hall–Kier alpha value is -3.95. The zero-order chi connectivity index (χ0) is 24.7. The molecule has 0 fully saturated rings. The lowest BCUT2D eigenvalue weighted by molar-refractivity contribution is -0.142. The van der Waals surface area contributed by atoms with Crippen molar-refractivity contribution >= 4 is 34.8 Å². The molecule has 0 saturated heterocycles. The number of hydrogen-bond acceptors (Lipinski definition) is 6. The average Bonchev–Trinajstić information content (AvgIpc) is 3.32. The predicted octanol–water partition coefficient (Wildman–Crippen LogP) is 3.55. The van der Waals surface area contributed by atoms with E-state index in [4.69, 9.17) is 21.8 Å². The lowest BCUT2D eigenvalue weighted by Crippen LogP contribution is -2.13. The monoisotopic (exact) mass is 496 g/mol. The Labute approximate surface area is 181 Å². The van der Waals surface area contributed by atoms with Gasteiger partial charge in [-0.05, 0) is 35.9 Å². The quantitative estimate of drug-likeness (QED) is 0.402. The van der Waals surface area contributed by atoms with Gasteiger partial charge in [-0.2, -0.15) is 26.3 Å². The first-order valence-electron chi connectivity index (χ1n) is 8.20. The molecular weight excluding hydrogens is 490 g/mol. The number of carboxylic acid groups (broad SMARTS) is 2. The standard InChI is InChI=1S/C8H3ClF3N3O2.C8H4F3N3O2/c9-7-14-13-5-3(6(16)17)1-2-4(15(5)7)8(10,11)12;9-8(10,11)5-2-1-4(7(15)16)6-13-12-3-14(5)6/h1-2H,(H,16,17);1-3H,(H,15,16). The van der Waals surface area contributed by atoms with Crippen molar-refractivity contribution in [1.29, 1.82) is 0 Å². The van der Waals surface area contributed by atoms with Gasteiger partial charge >= 0.3 is 24.3 Å². The zero-order valence-electron chi connectivity index (χ0n) is 15.4. The lowest BCUT2D eigenvalue weighted by atomic mass is 10.2. The highest BCUT2D eigenvalue weighted by Gasteiger charge is 2.36. The third kappa shape index (κ3) is 4.50. The van der Waals surface area contributed by atoms with Crippen LogP contribution < -0.4 is 0 Å². The Balaban J connectivity index is 0.000000186. The van der Waals surface area contributed by atoms with Gasteiger partial charge in [0.15, 0.2) is 11.3 Å². The SMILES string of the molecule is O=C(O)c1ccc(C(F)(F)F)n2c(Cl)nnc12.O=C(O)c1ccc(C(F)(F)F)n2cnnc12. The second-order valence-electron chi connectivity index (χ2n) is 6.02. The summed E-state index contributed by atoms with van der Waals surface area (Å²) in [4.78, 5) is 21.5. The van der Waals surface area contributed by atoms with Gasteiger partial charge in [0, 0.05) is 0 Å². The molecular formula is C16H7ClF6N6O4. The number of alkyl halides is 6. The van der Waals surface area contributed by atoms with Crippen LogP contribution in [-0.2, 0) is 12.4 Å². The molecule has 0 aliphatic heterocycles. The first-order valence-corrected chi connectivity index (χ1v) is 8.58. The van der Waals surface area contributed by atoms with Crippen LogP contribution in [0.2, 0.25) is 5.28 Å². The predicted molar refractivity (Wildman–Crippen MR) is 94.9 cm³/mol. The van der Waals surface area contributed by atoms with Gasteiger partial charge in [-0.15, -0.1) is 20.4 Å². The van der Waals surface area contributed by atoms with E-state index < -0.39 is 52.2 Å². The lowest BCUT2D eigenvalue weighted by Gasteiger charge is -2.10. The average molecular weight is 497 g/mol. The molecule has 4 heterocycles. The number of aromatic nitrogens is 6. The Kier molecular flexibility index (Phi) is 5.89. The summed E-state index contributed by atoms with van der Waals surface area (Å²) in [6.07, 6.45) is -8.44. The van der Waals surface area contributed by atoms with Crippen LogP contribution in [0.5, 0.6) is 0 Å². The van der Waals surface area contributed by atoms with Crippen LogP contribution in [0, 0.1) is 0 Å². The highest BCUT2D eigenvalue weighted by atomic mass is 35.5. The van der Waals surface area contributed by atoms with Gasteiger partial charge in [0.25, 0.3) is 0 Å². The molecule has 0 atom stereocenters. The molecule has 17 heteroatoms. The molecule has 0 aromatic carbocycles. The molecule has 0 aliphatic carbocycles. The van der Waals surface area contributed by atoms with E-state index >= 15 is 0 Å². The minimum atomic E-state index is -4.68. The summed E-state index contributed by atoms with van der Waals surface area (Å²) in [6, 6.07) is 2.96. The van der Waals surface area contributed by atoms with E-state index in [2.05, 4.69) is 20.4 Å². The van der Waals surface area contributed by atoms with Gasteiger partial charge in [-0.1, -0.05) is 0 Å². The fourth-order valence-corrected chi connectivity index (χ4v) is 2.87. The third-order valence-corrected chi connectivity index (χ3v) is 4.26. The number of rotatable bonds is 2. The maximum absolute atomic E-state index is 12.6. The van der Waals surface area contributed by atoms with E-state index in [1.807, 2.05) is 0 Å². The van der Waals surface area contributed by atoms with E-state index in [1.54, 1.807) is 0 Å². The minimum Gasteiger partial charge on any atom is -0.478 e. The summed E-state index contributed by atoms with van der Waals surface area (Å²) < 4.78 is 76.4. The molecule has 4 rings (SSSR count). The molecule has 4 aromatic heterocycles. The highest BCUT2D eigenvalue weighted by molar-refractivity contribution is 6.28. The zero-order valence-corrected chi connectivity index (χ0v) is 16.2. The fourth-order valence-electron chi connectivity index (χ4n) is 2.66. The fraction of sp³-hybridized carbons (Fsp3) is 0.125. The normalized spacial score (nSPS) is 12.0. The molecule has 0 unspecified atom stereocenters. The van der Waals surface area contributed by atoms with Crippen molar-refractivity contribution in [3.63, 3.8) is 0 Å². The molecule has 10 nitrogen and oxygen atoms in total. The maximum atomic E-state index is 12.6. The van der Waals surface area contributed by atoms with Gasteiger partial charge in [0.1, 0.15) is 28.8 Å². The number of carboxylic acids is 2. The van der Waals surface area contributed by atoms with Gasteiger partial charge < -0.3 is 10.2 Å². The van der Waals surface area contributed by atoms with Crippen LogP contribution in [0.3, 0.4) is 0 Å². The van der Waals surface area contributed by atoms with E-state index in [0.29, 0.717) is 20.9 Å². The number of carbonyl (C=O) groups is 2. The number of pyridine rings is 2. The van der Waals surface area contributed by atoms with Crippen LogP contribution in [-0.4, -0.2) is 51.3 Å². The second-order valence-corrected chi connectivity index (χ2v) is 6.36. The van der Waals surface area contributed by atoms with Crippen molar-refractivity contribution in [3.8, 4) is 0 Å². The summed E-state index contributed by atoms with van der Waals surface area (Å²) >= 11 is 5.46. The number of fused-ring (bicyclic) bond motifs is 2. The molecule has 4 aromatic rings. The maximum Gasteiger partial charge on any atom is 0.431 e. The van der Waals surface area contributed by atoms with Crippen LogP contribution in [0.4, 0.5) is 26.3 Å². The first-order chi connectivity index (χ1) is 15.2. The number of hydrogen-bond donors (Lipinski definition) is 2. The number of nitrogens with zero attached hydrogens (tertiary/aromatic N) is 6. The summed E-state index contributed by atoms with van der Waals surface area (Å²) in [7, 11) is 0. The van der Waals surface area contributed by atoms with E-state index in [1.165, 1.54) is 0 Å². The summed E-state index contributed by atoms with van der Waals surface area (Å²) in [5.41, 5.74) is -3.66. The summed E-state index contributed by atoms with van der Waals surface area (Å²) in [6.45, 7) is 0. The van der Waals surface area contributed by atoms with Crippen molar-refractivity contribution in [2.45, 2.75) is 12.4 Å². The van der Waals surface area contributed by atoms with E-state index in [0.717, 1.165) is 18.5 Å². The van der Waals surface area contributed by atoms with Crippen molar-refractivity contribution in [2.24, 2.45) is 0 Å². The Morgan fingerprint density at radius 1 is 0.788 bits per heavy atom. The highest BCUT2D eigenvalue weighted by Crippen LogP contribution is 2.32. The molecule has 174 valence electrons. The largest absolute Gasteiger partial charge is 0.478 e. The van der Waals surface area contributed by atoms with E-state index in [9.17, 15) is 35.9 Å². The van der Waals surface area contributed by atoms with Crippen LogP contribution in [0.25, 0.3) is 11.3 Å². The number of aromatic carboxylic acids is 2. The Morgan fingerprint density at radius 3 is 1.82 bits per heavy atom. The molecule has 33 heavy (non-hydrogen) atoms. The molecule has 0 radical (unpaired) electrons. The summed E-state index contributed by atoms with van der Waals surface area (Å²) in [5.74, 6) is -2.76. The minimum absolute atomic E-state index is 0.328. The smallest absolute Gasteiger partial charge is 0.431 e. The summed E-state index contributed by atoms with van der Waals surface area (Å²) in [5, 5.41) is 30.1. The van der Waals surface area contributed by atoms with Gasteiger partial charge in [-0.3, -0.25) is 8.80 Å². The molecule has 0 bridgehead atoms. The van der Waals surface area contributed by atoms with Crippen molar-refractivity contribution in [2.75, 3.05) is 0 Å². The van der Waals surface area contributed by atoms with Gasteiger partial charge in [0.2, 0.25) is 5.28 Å². The molecule has 0 spiro atoms. The molecule has 0 amide bonds. The number of halogens is 7. The van der Waals surface area contributed by atoms with Crippen molar-refractivity contribution in [3.05, 3.63) is 58.4 Å². The molecule has 2 N–H and O–H groups in total. The third-order valence-electron chi connectivity index (χ3n) is 4.01. The second kappa shape index (κ2) is 8.19. The first kappa shape index (κ1) is 23.7. The molecule has 0 saturated carbocycles. The van der Waals surface area contributed by atoms with E-state index in [-0.39, 0.29) is 11.2 Å². The molecule has 0 aliphatic rings. The van der Waals surface area contributed by atoms with Crippen LogP contribution in [0.1, 0.15) is 32.1 Å². The van der Waals surface area contributed by atoms with Crippen LogP contribution in [0.15, 0.2) is 30.6 Å². The Bertz CT molecular complexity index is 1380. The topological polar surface area (TPSA) is 135 Å².